The van der Waals surface area contributed by atoms with Gasteiger partial charge in [0, 0.05) is 13.5 Å². The van der Waals surface area contributed by atoms with E-state index < -0.39 is 0 Å². The molecule has 0 spiro atoms. The van der Waals surface area contributed by atoms with E-state index in [1.807, 2.05) is 38.1 Å². The van der Waals surface area contributed by atoms with Gasteiger partial charge in [-0.1, -0.05) is 19.1 Å². The summed E-state index contributed by atoms with van der Waals surface area (Å²) in [6.45, 7) is 4.38. The minimum Gasteiger partial charge on any atom is -0.492 e. The maximum absolute atomic E-state index is 11.5. The zero-order chi connectivity index (χ0) is 11.3. The molecule has 3 nitrogen and oxygen atoms in total. The monoisotopic (exact) mass is 207 g/mol. The highest BCUT2D eigenvalue weighted by Gasteiger charge is 2.12. The third-order valence-corrected chi connectivity index (χ3v) is 2.20. The smallest absolute Gasteiger partial charge is 0.226 e. The van der Waals surface area contributed by atoms with Crippen molar-refractivity contribution in [3.05, 3.63) is 24.3 Å². The van der Waals surface area contributed by atoms with Gasteiger partial charge in [0.05, 0.1) is 12.3 Å². The largest absolute Gasteiger partial charge is 0.492 e. The molecule has 0 atom stereocenters. The number of carbonyl (C=O) groups is 1. The van der Waals surface area contributed by atoms with Crippen LogP contribution in [0.3, 0.4) is 0 Å². The summed E-state index contributed by atoms with van der Waals surface area (Å²) in [7, 11) is 1.77. The lowest BCUT2D eigenvalue weighted by molar-refractivity contribution is -0.118. The van der Waals surface area contributed by atoms with E-state index in [0.717, 1.165) is 11.4 Å². The van der Waals surface area contributed by atoms with Gasteiger partial charge in [0.2, 0.25) is 5.91 Å². The van der Waals surface area contributed by atoms with Crippen LogP contribution in [-0.2, 0) is 4.79 Å². The van der Waals surface area contributed by atoms with Crippen molar-refractivity contribution in [2.24, 2.45) is 0 Å². The molecule has 0 unspecified atom stereocenters. The van der Waals surface area contributed by atoms with Gasteiger partial charge in [-0.3, -0.25) is 4.79 Å². The fraction of sp³-hybridized carbons (Fsp3) is 0.417. The second kappa shape index (κ2) is 5.39. The van der Waals surface area contributed by atoms with E-state index >= 15 is 0 Å². The van der Waals surface area contributed by atoms with Crippen LogP contribution in [0.2, 0.25) is 0 Å². The Morgan fingerprint density at radius 3 is 2.60 bits per heavy atom. The molecule has 3 heteroatoms. The summed E-state index contributed by atoms with van der Waals surface area (Å²) in [6.07, 6.45) is 0.497. The molecule has 15 heavy (non-hydrogen) atoms. The summed E-state index contributed by atoms with van der Waals surface area (Å²) >= 11 is 0. The standard InChI is InChI=1S/C12H17NO2/c1-4-12(14)13(3)10-8-6-7-9-11(10)15-5-2/h6-9H,4-5H2,1-3H3. The Morgan fingerprint density at radius 2 is 2.00 bits per heavy atom. The van der Waals surface area contributed by atoms with Crippen LogP contribution in [-0.4, -0.2) is 19.6 Å². The number of hydrogen-bond acceptors (Lipinski definition) is 2. The number of nitrogens with zero attached hydrogens (tertiary/aromatic N) is 1. The first-order valence-electron chi connectivity index (χ1n) is 5.19. The molecule has 1 rings (SSSR count). The third kappa shape index (κ3) is 2.72. The predicted octanol–water partition coefficient (Wildman–Crippen LogP) is 2.46. The van der Waals surface area contributed by atoms with Crippen LogP contribution in [0.1, 0.15) is 20.3 Å². The summed E-state index contributed by atoms with van der Waals surface area (Å²) in [5, 5.41) is 0. The molecule has 1 aromatic rings. The lowest BCUT2D eigenvalue weighted by Crippen LogP contribution is -2.25. The second-order valence-electron chi connectivity index (χ2n) is 3.21. The molecule has 0 heterocycles. The van der Waals surface area contributed by atoms with Crippen LogP contribution < -0.4 is 9.64 Å². The van der Waals surface area contributed by atoms with Gasteiger partial charge < -0.3 is 9.64 Å². The molecule has 0 aliphatic carbocycles. The molecule has 0 bridgehead atoms. The van der Waals surface area contributed by atoms with Crippen molar-refractivity contribution in [2.75, 3.05) is 18.6 Å². The number of hydrogen-bond donors (Lipinski definition) is 0. The number of anilines is 1. The molecular weight excluding hydrogens is 190 g/mol. The maximum atomic E-state index is 11.5. The van der Waals surface area contributed by atoms with Crippen LogP contribution in [0.25, 0.3) is 0 Å². The van der Waals surface area contributed by atoms with Gasteiger partial charge in [0.15, 0.2) is 0 Å². The summed E-state index contributed by atoms with van der Waals surface area (Å²) in [5.41, 5.74) is 0.825. The molecule has 82 valence electrons. The molecule has 0 radical (unpaired) electrons. The quantitative estimate of drug-likeness (QED) is 0.759. The van der Waals surface area contributed by atoms with Crippen molar-refractivity contribution in [2.45, 2.75) is 20.3 Å². The Kier molecular flexibility index (Phi) is 4.16. The minimum atomic E-state index is 0.0853. The molecule has 0 aromatic heterocycles. The van der Waals surface area contributed by atoms with E-state index in [0.29, 0.717) is 13.0 Å². The van der Waals surface area contributed by atoms with Gasteiger partial charge in [0.1, 0.15) is 5.75 Å². The van der Waals surface area contributed by atoms with E-state index in [2.05, 4.69) is 0 Å². The minimum absolute atomic E-state index is 0.0853. The molecule has 1 amide bonds. The molecule has 0 aliphatic heterocycles. The highest BCUT2D eigenvalue weighted by Crippen LogP contribution is 2.27. The van der Waals surface area contributed by atoms with Crippen molar-refractivity contribution in [1.29, 1.82) is 0 Å². The molecular formula is C12H17NO2. The first-order valence-corrected chi connectivity index (χ1v) is 5.19. The summed E-state index contributed by atoms with van der Waals surface area (Å²) in [4.78, 5) is 13.2. The van der Waals surface area contributed by atoms with Gasteiger partial charge in [-0.05, 0) is 19.1 Å². The first kappa shape index (κ1) is 11.6. The number of carbonyl (C=O) groups excluding carboxylic acids is 1. The molecule has 0 fully saturated rings. The highest BCUT2D eigenvalue weighted by atomic mass is 16.5. The maximum Gasteiger partial charge on any atom is 0.226 e. The lowest BCUT2D eigenvalue weighted by Gasteiger charge is -2.19. The Bertz CT molecular complexity index is 336. The van der Waals surface area contributed by atoms with Crippen LogP contribution in [0.5, 0.6) is 5.75 Å². The van der Waals surface area contributed by atoms with Crippen LogP contribution in [0, 0.1) is 0 Å². The summed E-state index contributed by atoms with van der Waals surface area (Å²) in [5.74, 6) is 0.839. The number of benzene rings is 1. The summed E-state index contributed by atoms with van der Waals surface area (Å²) in [6, 6.07) is 7.56. The molecule has 0 aliphatic rings. The van der Waals surface area contributed by atoms with Crippen molar-refractivity contribution >= 4 is 11.6 Å². The van der Waals surface area contributed by atoms with E-state index in [1.165, 1.54) is 0 Å². The van der Waals surface area contributed by atoms with Gasteiger partial charge in [-0.15, -0.1) is 0 Å². The normalized spacial score (nSPS) is 9.80. The molecule has 0 saturated heterocycles. The fourth-order valence-corrected chi connectivity index (χ4v) is 1.38. The van der Waals surface area contributed by atoms with Crippen LogP contribution >= 0.6 is 0 Å². The Labute approximate surface area is 90.7 Å². The third-order valence-electron chi connectivity index (χ3n) is 2.20. The number of ether oxygens (including phenoxy) is 1. The van der Waals surface area contributed by atoms with E-state index in [-0.39, 0.29) is 5.91 Å². The van der Waals surface area contributed by atoms with Crippen molar-refractivity contribution < 1.29 is 9.53 Å². The highest BCUT2D eigenvalue weighted by molar-refractivity contribution is 5.94. The van der Waals surface area contributed by atoms with Crippen LogP contribution in [0.15, 0.2) is 24.3 Å². The number of amides is 1. The predicted molar refractivity (Wildman–Crippen MR) is 61.3 cm³/mol. The van der Waals surface area contributed by atoms with Crippen molar-refractivity contribution in [1.82, 2.24) is 0 Å². The van der Waals surface area contributed by atoms with Crippen molar-refractivity contribution in [3.8, 4) is 5.75 Å². The summed E-state index contributed by atoms with van der Waals surface area (Å²) < 4.78 is 5.46. The zero-order valence-electron chi connectivity index (χ0n) is 9.49. The molecule has 1 aromatic carbocycles. The Balaban J connectivity index is 2.96. The Morgan fingerprint density at radius 1 is 1.33 bits per heavy atom. The SMILES string of the molecule is CCOc1ccccc1N(C)C(=O)CC. The van der Waals surface area contributed by atoms with Gasteiger partial charge >= 0.3 is 0 Å². The number of rotatable bonds is 4. The first-order chi connectivity index (χ1) is 7.20. The van der Waals surface area contributed by atoms with Crippen LogP contribution in [0.4, 0.5) is 5.69 Å². The lowest BCUT2D eigenvalue weighted by atomic mass is 10.2. The average molecular weight is 207 g/mol. The van der Waals surface area contributed by atoms with Gasteiger partial charge in [-0.25, -0.2) is 0 Å². The average Bonchev–Trinajstić information content (AvgIpc) is 2.28. The number of para-hydroxylation sites is 2. The molecule has 0 N–H and O–H groups in total. The van der Waals surface area contributed by atoms with Gasteiger partial charge in [0.25, 0.3) is 0 Å². The van der Waals surface area contributed by atoms with E-state index in [1.54, 1.807) is 11.9 Å². The second-order valence-corrected chi connectivity index (χ2v) is 3.21. The zero-order valence-corrected chi connectivity index (χ0v) is 9.49. The van der Waals surface area contributed by atoms with Crippen molar-refractivity contribution in [3.63, 3.8) is 0 Å². The van der Waals surface area contributed by atoms with E-state index in [9.17, 15) is 4.79 Å². The molecule has 0 saturated carbocycles. The van der Waals surface area contributed by atoms with Gasteiger partial charge in [-0.2, -0.15) is 0 Å². The Hall–Kier alpha value is -1.51. The fourth-order valence-electron chi connectivity index (χ4n) is 1.38. The topological polar surface area (TPSA) is 29.5 Å². The van der Waals surface area contributed by atoms with E-state index in [4.69, 9.17) is 4.74 Å².